The van der Waals surface area contributed by atoms with Crippen LogP contribution in [0.2, 0.25) is 0 Å². The Hall–Kier alpha value is -0.220. The molecule has 3 nitrogen and oxygen atoms in total. The van der Waals surface area contributed by atoms with E-state index in [1.165, 1.54) is 19.3 Å². The number of carbonyl (C=O) groups excluding carboxylic acids is 1. The number of nitrogens with one attached hydrogen (secondary N) is 2. The Balaban J connectivity index is 1.52. The van der Waals surface area contributed by atoms with Gasteiger partial charge in [0.2, 0.25) is 5.91 Å². The maximum absolute atomic E-state index is 12.1. The first-order valence-corrected chi connectivity index (χ1v) is 8.06. The van der Waals surface area contributed by atoms with Crippen molar-refractivity contribution in [2.75, 3.05) is 18.1 Å². The fourth-order valence-corrected chi connectivity index (χ4v) is 4.55. The lowest BCUT2D eigenvalue weighted by molar-refractivity contribution is -0.125. The minimum absolute atomic E-state index is 0.284. The van der Waals surface area contributed by atoms with E-state index >= 15 is 0 Å². The molecule has 2 atom stereocenters. The summed E-state index contributed by atoms with van der Waals surface area (Å²) >= 11 is 1.91. The molecule has 17 heavy (non-hydrogen) atoms. The molecule has 4 heteroatoms. The van der Waals surface area contributed by atoms with Crippen LogP contribution in [-0.4, -0.2) is 35.5 Å². The van der Waals surface area contributed by atoms with Gasteiger partial charge in [0.15, 0.2) is 0 Å². The molecule has 96 valence electrons. The van der Waals surface area contributed by atoms with Crippen LogP contribution >= 0.6 is 11.8 Å². The Kier molecular flexibility index (Phi) is 3.35. The van der Waals surface area contributed by atoms with Gasteiger partial charge >= 0.3 is 0 Å². The molecule has 1 spiro atoms. The topological polar surface area (TPSA) is 41.1 Å². The highest BCUT2D eigenvalue weighted by atomic mass is 32.2. The van der Waals surface area contributed by atoms with E-state index in [-0.39, 0.29) is 5.92 Å². The van der Waals surface area contributed by atoms with Gasteiger partial charge in [0.05, 0.1) is 0 Å². The second-order valence-corrected chi connectivity index (χ2v) is 6.97. The SMILES string of the molecule is O=C(NC1CCNC2(CCC2)C1)C1CCSC1. The maximum Gasteiger partial charge on any atom is 0.224 e. The molecule has 0 aromatic rings. The van der Waals surface area contributed by atoms with Crippen molar-refractivity contribution in [1.82, 2.24) is 10.6 Å². The van der Waals surface area contributed by atoms with Gasteiger partial charge < -0.3 is 10.6 Å². The third kappa shape index (κ3) is 2.48. The van der Waals surface area contributed by atoms with Gasteiger partial charge in [0, 0.05) is 23.3 Å². The quantitative estimate of drug-likeness (QED) is 0.785. The summed E-state index contributed by atoms with van der Waals surface area (Å²) in [7, 11) is 0. The lowest BCUT2D eigenvalue weighted by Gasteiger charge is -2.48. The zero-order valence-electron chi connectivity index (χ0n) is 10.3. The van der Waals surface area contributed by atoms with Gasteiger partial charge in [-0.2, -0.15) is 11.8 Å². The predicted molar refractivity (Wildman–Crippen MR) is 71.2 cm³/mol. The molecular weight excluding hydrogens is 232 g/mol. The molecule has 3 fully saturated rings. The van der Waals surface area contributed by atoms with Crippen LogP contribution < -0.4 is 10.6 Å². The molecule has 1 amide bonds. The molecule has 2 N–H and O–H groups in total. The smallest absolute Gasteiger partial charge is 0.224 e. The third-order valence-electron chi connectivity index (χ3n) is 4.59. The molecule has 3 rings (SSSR count). The maximum atomic E-state index is 12.1. The highest BCUT2D eigenvalue weighted by molar-refractivity contribution is 7.99. The van der Waals surface area contributed by atoms with Crippen molar-refractivity contribution in [3.8, 4) is 0 Å². The van der Waals surface area contributed by atoms with Crippen molar-refractivity contribution in [1.29, 1.82) is 0 Å². The summed E-state index contributed by atoms with van der Waals surface area (Å²) in [6.07, 6.45) is 7.29. The summed E-state index contributed by atoms with van der Waals surface area (Å²) < 4.78 is 0. The summed E-state index contributed by atoms with van der Waals surface area (Å²) in [5.41, 5.74) is 0.390. The van der Waals surface area contributed by atoms with E-state index in [1.807, 2.05) is 11.8 Å². The average molecular weight is 254 g/mol. The Bertz CT molecular complexity index is 298. The lowest BCUT2D eigenvalue weighted by atomic mass is 9.70. The fraction of sp³-hybridized carbons (Fsp3) is 0.923. The molecule has 1 aliphatic carbocycles. The molecule has 2 unspecified atom stereocenters. The first-order valence-electron chi connectivity index (χ1n) is 6.91. The number of hydrogen-bond donors (Lipinski definition) is 2. The van der Waals surface area contributed by atoms with E-state index in [9.17, 15) is 4.79 Å². The van der Waals surface area contributed by atoms with Crippen LogP contribution in [0, 0.1) is 5.92 Å². The standard InChI is InChI=1S/C13H22N2OS/c16-12(10-3-7-17-9-10)15-11-2-6-14-13(8-11)4-1-5-13/h10-11,14H,1-9H2,(H,15,16). The molecule has 0 bridgehead atoms. The molecule has 3 aliphatic rings. The zero-order valence-corrected chi connectivity index (χ0v) is 11.2. The first kappa shape index (κ1) is 11.8. The zero-order chi connectivity index (χ0) is 11.7. The summed E-state index contributed by atoms with van der Waals surface area (Å²) in [4.78, 5) is 12.1. The fourth-order valence-electron chi connectivity index (χ4n) is 3.33. The van der Waals surface area contributed by atoms with Gasteiger partial charge in [-0.15, -0.1) is 0 Å². The number of hydrogen-bond acceptors (Lipinski definition) is 3. The average Bonchev–Trinajstić information content (AvgIpc) is 2.81. The molecule has 0 aromatic heterocycles. The molecule has 0 aromatic carbocycles. The second kappa shape index (κ2) is 4.81. The van der Waals surface area contributed by atoms with E-state index in [0.29, 0.717) is 17.5 Å². The van der Waals surface area contributed by atoms with E-state index in [4.69, 9.17) is 0 Å². The number of piperidine rings is 1. The molecule has 2 heterocycles. The summed E-state index contributed by atoms with van der Waals surface area (Å²) in [5, 5.41) is 6.94. The van der Waals surface area contributed by atoms with Gasteiger partial charge in [-0.05, 0) is 50.8 Å². The monoisotopic (exact) mass is 254 g/mol. The van der Waals surface area contributed by atoms with Gasteiger partial charge in [0.25, 0.3) is 0 Å². The van der Waals surface area contributed by atoms with Crippen molar-refractivity contribution >= 4 is 17.7 Å². The second-order valence-electron chi connectivity index (χ2n) is 5.82. The highest BCUT2D eigenvalue weighted by Crippen LogP contribution is 2.38. The van der Waals surface area contributed by atoms with Crippen LogP contribution in [0.3, 0.4) is 0 Å². The normalized spacial score (nSPS) is 35.5. The lowest BCUT2D eigenvalue weighted by Crippen LogP contribution is -2.60. The van der Waals surface area contributed by atoms with Gasteiger partial charge in [-0.25, -0.2) is 0 Å². The van der Waals surface area contributed by atoms with Gasteiger partial charge in [-0.1, -0.05) is 0 Å². The summed E-state index contributed by atoms with van der Waals surface area (Å²) in [5.74, 6) is 2.79. The number of carbonyl (C=O) groups is 1. The summed E-state index contributed by atoms with van der Waals surface area (Å²) in [6, 6.07) is 0.426. The van der Waals surface area contributed by atoms with Crippen molar-refractivity contribution in [3.63, 3.8) is 0 Å². The Morgan fingerprint density at radius 1 is 1.35 bits per heavy atom. The first-order chi connectivity index (χ1) is 8.27. The van der Waals surface area contributed by atoms with Crippen molar-refractivity contribution in [2.24, 2.45) is 5.92 Å². The molecular formula is C13H22N2OS. The minimum Gasteiger partial charge on any atom is -0.353 e. The van der Waals surface area contributed by atoms with Crippen LogP contribution in [-0.2, 0) is 4.79 Å². The number of thioether (sulfide) groups is 1. The van der Waals surface area contributed by atoms with E-state index in [1.54, 1.807) is 0 Å². The Morgan fingerprint density at radius 3 is 2.88 bits per heavy atom. The van der Waals surface area contributed by atoms with Gasteiger partial charge in [-0.3, -0.25) is 4.79 Å². The van der Waals surface area contributed by atoms with Crippen molar-refractivity contribution in [3.05, 3.63) is 0 Å². The van der Waals surface area contributed by atoms with Crippen molar-refractivity contribution < 1.29 is 4.79 Å². The largest absolute Gasteiger partial charge is 0.353 e. The van der Waals surface area contributed by atoms with E-state index in [0.717, 1.165) is 37.3 Å². The molecule has 1 saturated carbocycles. The minimum atomic E-state index is 0.284. The van der Waals surface area contributed by atoms with Crippen LogP contribution in [0.5, 0.6) is 0 Å². The Morgan fingerprint density at radius 2 is 2.24 bits per heavy atom. The summed E-state index contributed by atoms with van der Waals surface area (Å²) in [6.45, 7) is 1.07. The molecule has 2 aliphatic heterocycles. The van der Waals surface area contributed by atoms with Crippen LogP contribution in [0.4, 0.5) is 0 Å². The van der Waals surface area contributed by atoms with Crippen LogP contribution in [0.25, 0.3) is 0 Å². The van der Waals surface area contributed by atoms with E-state index < -0.39 is 0 Å². The predicted octanol–water partition coefficient (Wildman–Crippen LogP) is 1.53. The van der Waals surface area contributed by atoms with E-state index in [2.05, 4.69) is 10.6 Å². The van der Waals surface area contributed by atoms with Crippen LogP contribution in [0.15, 0.2) is 0 Å². The number of rotatable bonds is 2. The Labute approximate surface area is 107 Å². The van der Waals surface area contributed by atoms with Crippen molar-refractivity contribution in [2.45, 2.75) is 50.1 Å². The third-order valence-corrected chi connectivity index (χ3v) is 5.75. The molecule has 2 saturated heterocycles. The van der Waals surface area contributed by atoms with Gasteiger partial charge in [0.1, 0.15) is 0 Å². The highest BCUT2D eigenvalue weighted by Gasteiger charge is 2.41. The number of amides is 1. The van der Waals surface area contributed by atoms with Crippen LogP contribution in [0.1, 0.15) is 38.5 Å². The molecule has 0 radical (unpaired) electrons.